The zero-order valence-electron chi connectivity index (χ0n) is 18.6. The van der Waals surface area contributed by atoms with Crippen molar-refractivity contribution in [3.05, 3.63) is 102 Å². The van der Waals surface area contributed by atoms with E-state index in [1.165, 1.54) is 27.5 Å². The normalized spacial score (nSPS) is 11.6. The Kier molecular flexibility index (Phi) is 6.93. The van der Waals surface area contributed by atoms with Crippen LogP contribution in [0.4, 0.5) is 0 Å². The molecule has 0 heterocycles. The Balaban J connectivity index is 1.70. The largest absolute Gasteiger partial charge is 0.298 e. The highest BCUT2D eigenvalue weighted by Crippen LogP contribution is 2.29. The van der Waals surface area contributed by atoms with Crippen LogP contribution in [0.15, 0.2) is 85.5 Å². The molecule has 0 amide bonds. The van der Waals surface area contributed by atoms with Gasteiger partial charge in [0.2, 0.25) is 0 Å². The third-order valence-electron chi connectivity index (χ3n) is 4.91. The van der Waals surface area contributed by atoms with E-state index in [4.69, 9.17) is 0 Å². The maximum Gasteiger partial charge on any atom is 0.0234 e. The van der Waals surface area contributed by atoms with Gasteiger partial charge in [0, 0.05) is 18.5 Å². The van der Waals surface area contributed by atoms with Crippen LogP contribution in [0.2, 0.25) is 0 Å². The summed E-state index contributed by atoms with van der Waals surface area (Å²) in [4.78, 5) is 2.29. The van der Waals surface area contributed by atoms with E-state index in [9.17, 15) is 0 Å². The average Bonchev–Trinajstić information content (AvgIpc) is 2.72. The third kappa shape index (κ3) is 5.96. The van der Waals surface area contributed by atoms with Gasteiger partial charge in [-0.3, -0.25) is 4.90 Å². The van der Waals surface area contributed by atoms with Crippen molar-refractivity contribution in [2.45, 2.75) is 27.3 Å². The van der Waals surface area contributed by atoms with Crippen LogP contribution >= 0.6 is 0 Å². The quantitative estimate of drug-likeness (QED) is 0.410. The van der Waals surface area contributed by atoms with Crippen LogP contribution < -0.4 is 0 Å². The molecule has 30 heavy (non-hydrogen) atoms. The van der Waals surface area contributed by atoms with Crippen molar-refractivity contribution in [1.29, 1.82) is 0 Å². The number of benzene rings is 3. The van der Waals surface area contributed by atoms with Gasteiger partial charge in [0.1, 0.15) is 0 Å². The maximum atomic E-state index is 4.42. The van der Waals surface area contributed by atoms with Gasteiger partial charge in [-0.15, -0.1) is 0 Å². The molecule has 0 bridgehead atoms. The molecule has 1 heteroatoms. The van der Waals surface area contributed by atoms with E-state index >= 15 is 0 Å². The molecule has 0 saturated carbocycles. The molecule has 3 aromatic rings. The second-order valence-electron chi connectivity index (χ2n) is 8.82. The second kappa shape index (κ2) is 9.61. The number of rotatable bonds is 6. The van der Waals surface area contributed by atoms with Gasteiger partial charge in [-0.2, -0.15) is 0 Å². The molecule has 0 aromatic heterocycles. The molecule has 0 aliphatic carbocycles. The van der Waals surface area contributed by atoms with Gasteiger partial charge in [-0.1, -0.05) is 85.2 Å². The van der Waals surface area contributed by atoms with Crippen LogP contribution in [-0.4, -0.2) is 18.5 Å². The standard InChI is InChI=1S/C29H31N/c1-23(27-18-12-15-25-14-7-8-17-28(25)27)26-16-11-13-24(21-26)22-30(5)20-10-6-9-19-29(2,3)4/h6-8,10-18,21H,1,20,22H2,2-5H3. The lowest BCUT2D eigenvalue weighted by atomic mass is 9.93. The molecule has 0 saturated heterocycles. The van der Waals surface area contributed by atoms with E-state index in [2.05, 4.69) is 124 Å². The first kappa shape index (κ1) is 21.6. The van der Waals surface area contributed by atoms with E-state index in [1.807, 2.05) is 6.08 Å². The van der Waals surface area contributed by atoms with Crippen molar-refractivity contribution in [3.8, 4) is 11.8 Å². The minimum atomic E-state index is 0.0448. The molecule has 3 rings (SSSR count). The molecule has 0 unspecified atom stereocenters. The van der Waals surface area contributed by atoms with E-state index in [0.717, 1.165) is 18.7 Å². The Morgan fingerprint density at radius 2 is 1.73 bits per heavy atom. The van der Waals surface area contributed by atoms with Crippen LogP contribution in [0, 0.1) is 17.3 Å². The SMILES string of the molecule is C=C(c1cccc(CN(C)CC=CC#CC(C)(C)C)c1)c1cccc2ccccc12. The molecule has 0 spiro atoms. The fraction of sp³-hybridized carbons (Fsp3) is 0.241. The molecule has 0 radical (unpaired) electrons. The number of hydrogen-bond acceptors (Lipinski definition) is 1. The molecule has 3 aromatic carbocycles. The minimum Gasteiger partial charge on any atom is -0.298 e. The van der Waals surface area contributed by atoms with Crippen molar-refractivity contribution >= 4 is 16.3 Å². The molecule has 152 valence electrons. The predicted octanol–water partition coefficient (Wildman–Crippen LogP) is 6.94. The van der Waals surface area contributed by atoms with Crippen LogP contribution in [0.3, 0.4) is 0 Å². The Hall–Kier alpha value is -3.08. The Labute approximate surface area is 181 Å². The summed E-state index contributed by atoms with van der Waals surface area (Å²) >= 11 is 0. The number of allylic oxidation sites excluding steroid dienone is 1. The van der Waals surface area contributed by atoms with Crippen LogP contribution in [0.25, 0.3) is 16.3 Å². The summed E-state index contributed by atoms with van der Waals surface area (Å²) in [6.07, 6.45) is 4.08. The zero-order valence-corrected chi connectivity index (χ0v) is 18.6. The number of nitrogens with zero attached hydrogens (tertiary/aromatic N) is 1. The van der Waals surface area contributed by atoms with Gasteiger partial charge in [-0.05, 0) is 73.0 Å². The average molecular weight is 394 g/mol. The monoisotopic (exact) mass is 393 g/mol. The summed E-state index contributed by atoms with van der Waals surface area (Å²) in [5, 5.41) is 2.49. The minimum absolute atomic E-state index is 0.0448. The molecule has 0 aliphatic heterocycles. The fourth-order valence-corrected chi connectivity index (χ4v) is 3.43. The molecule has 0 atom stereocenters. The third-order valence-corrected chi connectivity index (χ3v) is 4.91. The Morgan fingerprint density at radius 1 is 1.00 bits per heavy atom. The van der Waals surface area contributed by atoms with Gasteiger partial charge < -0.3 is 0 Å². The summed E-state index contributed by atoms with van der Waals surface area (Å²) in [7, 11) is 2.13. The van der Waals surface area contributed by atoms with Gasteiger partial charge in [-0.25, -0.2) is 0 Å². The first-order chi connectivity index (χ1) is 14.3. The van der Waals surface area contributed by atoms with Crippen LogP contribution in [0.5, 0.6) is 0 Å². The van der Waals surface area contributed by atoms with Gasteiger partial charge in [0.25, 0.3) is 0 Å². The molecular weight excluding hydrogens is 362 g/mol. The Morgan fingerprint density at radius 3 is 2.53 bits per heavy atom. The number of hydrogen-bond donors (Lipinski definition) is 0. The second-order valence-corrected chi connectivity index (χ2v) is 8.82. The number of likely N-dealkylation sites (N-methyl/N-ethyl adjacent to an activating group) is 1. The van der Waals surface area contributed by atoms with E-state index in [1.54, 1.807) is 0 Å². The molecular formula is C29H31N. The van der Waals surface area contributed by atoms with E-state index in [0.29, 0.717) is 0 Å². The van der Waals surface area contributed by atoms with Crippen molar-refractivity contribution in [2.24, 2.45) is 5.41 Å². The molecule has 0 aliphatic rings. The van der Waals surface area contributed by atoms with Crippen LogP contribution in [0.1, 0.15) is 37.5 Å². The lowest BCUT2D eigenvalue weighted by Crippen LogP contribution is -2.17. The highest BCUT2D eigenvalue weighted by molar-refractivity contribution is 5.97. The summed E-state index contributed by atoms with van der Waals surface area (Å²) in [5.74, 6) is 6.36. The van der Waals surface area contributed by atoms with Gasteiger partial charge in [0.05, 0.1) is 0 Å². The number of fused-ring (bicyclic) bond motifs is 1. The molecule has 1 nitrogen and oxygen atoms in total. The van der Waals surface area contributed by atoms with Crippen molar-refractivity contribution in [3.63, 3.8) is 0 Å². The topological polar surface area (TPSA) is 3.24 Å². The first-order valence-corrected chi connectivity index (χ1v) is 10.5. The smallest absolute Gasteiger partial charge is 0.0234 e. The summed E-state index contributed by atoms with van der Waals surface area (Å²) < 4.78 is 0. The Bertz CT molecular complexity index is 1110. The fourth-order valence-electron chi connectivity index (χ4n) is 3.43. The maximum absolute atomic E-state index is 4.42. The van der Waals surface area contributed by atoms with Crippen molar-refractivity contribution in [2.75, 3.05) is 13.6 Å². The highest BCUT2D eigenvalue weighted by atomic mass is 15.1. The zero-order chi connectivity index (χ0) is 21.6. The lowest BCUT2D eigenvalue weighted by Gasteiger charge is -2.16. The van der Waals surface area contributed by atoms with Gasteiger partial charge >= 0.3 is 0 Å². The molecule has 0 N–H and O–H groups in total. The van der Waals surface area contributed by atoms with Gasteiger partial charge in [0.15, 0.2) is 0 Å². The van der Waals surface area contributed by atoms with Crippen molar-refractivity contribution < 1.29 is 0 Å². The summed E-state index contributed by atoms with van der Waals surface area (Å²) in [5.41, 5.74) is 4.75. The highest BCUT2D eigenvalue weighted by Gasteiger charge is 2.08. The summed E-state index contributed by atoms with van der Waals surface area (Å²) in [6.45, 7) is 12.5. The molecule has 0 fully saturated rings. The summed E-state index contributed by atoms with van der Waals surface area (Å²) in [6, 6.07) is 23.6. The lowest BCUT2D eigenvalue weighted by molar-refractivity contribution is 0.363. The van der Waals surface area contributed by atoms with E-state index in [-0.39, 0.29) is 5.41 Å². The van der Waals surface area contributed by atoms with E-state index < -0.39 is 0 Å². The van der Waals surface area contributed by atoms with Crippen molar-refractivity contribution in [1.82, 2.24) is 4.90 Å². The first-order valence-electron chi connectivity index (χ1n) is 10.5. The predicted molar refractivity (Wildman–Crippen MR) is 131 cm³/mol. The van der Waals surface area contributed by atoms with Crippen LogP contribution in [-0.2, 0) is 6.54 Å².